The Morgan fingerprint density at radius 1 is 1.05 bits per heavy atom. The van der Waals surface area contributed by atoms with Gasteiger partial charge >= 0.3 is 0 Å². The van der Waals surface area contributed by atoms with E-state index >= 15 is 0 Å². The smallest absolute Gasteiger partial charge is 0.250 e. The molecule has 2 aromatic rings. The van der Waals surface area contributed by atoms with Gasteiger partial charge in [-0.15, -0.1) is 0 Å². The molecule has 0 aliphatic rings. The zero-order valence-electron chi connectivity index (χ0n) is 11.2. The molecule has 20 heavy (non-hydrogen) atoms. The molecule has 0 aromatic heterocycles. The molecule has 0 saturated heterocycles. The number of rotatable bonds is 6. The van der Waals surface area contributed by atoms with Crippen molar-refractivity contribution in [3.05, 3.63) is 59.7 Å². The van der Waals surface area contributed by atoms with Crippen LogP contribution in [0.1, 0.15) is 22.3 Å². The molecule has 2 rings (SSSR count). The van der Waals surface area contributed by atoms with Crippen LogP contribution in [0.4, 0.5) is 5.69 Å². The fourth-order valence-corrected chi connectivity index (χ4v) is 1.99. The van der Waals surface area contributed by atoms with E-state index in [1.165, 1.54) is 5.56 Å². The van der Waals surface area contributed by atoms with Crippen molar-refractivity contribution in [3.8, 4) is 5.75 Å². The van der Waals surface area contributed by atoms with Crippen molar-refractivity contribution in [2.45, 2.75) is 12.8 Å². The fraction of sp³-hybridized carbons (Fsp3) is 0.188. The molecular formula is C16H18N2O2. The van der Waals surface area contributed by atoms with Crippen LogP contribution < -0.4 is 16.2 Å². The first kappa shape index (κ1) is 13.9. The van der Waals surface area contributed by atoms with Crippen molar-refractivity contribution < 1.29 is 9.53 Å². The number of nitrogen functional groups attached to an aromatic ring is 1. The van der Waals surface area contributed by atoms with Crippen LogP contribution in [-0.4, -0.2) is 12.5 Å². The van der Waals surface area contributed by atoms with Gasteiger partial charge in [0.25, 0.3) is 5.91 Å². The summed E-state index contributed by atoms with van der Waals surface area (Å²) in [5.74, 6) is -0.0356. The number of anilines is 1. The summed E-state index contributed by atoms with van der Waals surface area (Å²) in [7, 11) is 0. The first-order chi connectivity index (χ1) is 9.68. The molecule has 0 saturated carbocycles. The Balaban J connectivity index is 1.88. The standard InChI is InChI=1S/C16H18N2O2/c17-15-13(16(18)19)9-4-10-14(15)20-11-5-8-12-6-2-1-3-7-12/h1-4,6-7,9-10H,5,8,11,17H2,(H2,18,19). The van der Waals surface area contributed by atoms with E-state index in [-0.39, 0.29) is 0 Å². The monoisotopic (exact) mass is 270 g/mol. The van der Waals surface area contributed by atoms with Gasteiger partial charge in [-0.3, -0.25) is 4.79 Å². The quantitative estimate of drug-likeness (QED) is 0.625. The molecule has 1 amide bonds. The van der Waals surface area contributed by atoms with Gasteiger partial charge in [0.2, 0.25) is 0 Å². The number of primary amides is 1. The highest BCUT2D eigenvalue weighted by Gasteiger charge is 2.09. The van der Waals surface area contributed by atoms with Gasteiger partial charge in [0.15, 0.2) is 0 Å². The van der Waals surface area contributed by atoms with Gasteiger partial charge in [0.05, 0.1) is 17.9 Å². The van der Waals surface area contributed by atoms with Crippen molar-refractivity contribution in [2.24, 2.45) is 5.73 Å². The van der Waals surface area contributed by atoms with Gasteiger partial charge in [-0.1, -0.05) is 36.4 Å². The Morgan fingerprint density at radius 3 is 2.50 bits per heavy atom. The summed E-state index contributed by atoms with van der Waals surface area (Å²) < 4.78 is 5.62. The number of hydrogen-bond acceptors (Lipinski definition) is 3. The van der Waals surface area contributed by atoms with Crippen LogP contribution >= 0.6 is 0 Å². The molecule has 104 valence electrons. The Labute approximate surface area is 118 Å². The molecule has 0 bridgehead atoms. The van der Waals surface area contributed by atoms with Gasteiger partial charge < -0.3 is 16.2 Å². The lowest BCUT2D eigenvalue weighted by Crippen LogP contribution is -2.14. The van der Waals surface area contributed by atoms with E-state index in [1.54, 1.807) is 18.2 Å². The van der Waals surface area contributed by atoms with Crippen molar-refractivity contribution in [3.63, 3.8) is 0 Å². The van der Waals surface area contributed by atoms with Gasteiger partial charge in [-0.2, -0.15) is 0 Å². The molecule has 0 fully saturated rings. The number of nitrogens with two attached hydrogens (primary N) is 2. The summed E-state index contributed by atoms with van der Waals surface area (Å²) in [6.07, 6.45) is 1.82. The van der Waals surface area contributed by atoms with Gasteiger partial charge in [0.1, 0.15) is 5.75 Å². The predicted octanol–water partition coefficient (Wildman–Crippen LogP) is 2.38. The van der Waals surface area contributed by atoms with Crippen LogP contribution in [0.2, 0.25) is 0 Å². The third-order valence-electron chi connectivity index (χ3n) is 3.04. The largest absolute Gasteiger partial charge is 0.491 e. The van der Waals surface area contributed by atoms with Crippen molar-refractivity contribution in [1.82, 2.24) is 0 Å². The molecule has 0 aliphatic heterocycles. The van der Waals surface area contributed by atoms with Crippen molar-refractivity contribution >= 4 is 11.6 Å². The zero-order chi connectivity index (χ0) is 14.4. The third kappa shape index (κ3) is 3.51. The molecule has 0 aliphatic carbocycles. The number of ether oxygens (including phenoxy) is 1. The van der Waals surface area contributed by atoms with Crippen LogP contribution in [0.5, 0.6) is 5.75 Å². The molecule has 4 N–H and O–H groups in total. The van der Waals surface area contributed by atoms with E-state index in [0.717, 1.165) is 12.8 Å². The minimum Gasteiger partial charge on any atom is -0.491 e. The Bertz CT molecular complexity index is 582. The first-order valence-corrected chi connectivity index (χ1v) is 6.53. The number of hydrogen-bond donors (Lipinski definition) is 2. The number of para-hydroxylation sites is 1. The summed E-state index contributed by atoms with van der Waals surface area (Å²) in [5, 5.41) is 0. The summed E-state index contributed by atoms with van der Waals surface area (Å²) in [6.45, 7) is 0.543. The third-order valence-corrected chi connectivity index (χ3v) is 3.04. The van der Waals surface area contributed by atoms with E-state index in [9.17, 15) is 4.79 Å². The van der Waals surface area contributed by atoms with E-state index in [2.05, 4.69) is 12.1 Å². The zero-order valence-corrected chi connectivity index (χ0v) is 11.2. The highest BCUT2D eigenvalue weighted by atomic mass is 16.5. The summed E-state index contributed by atoms with van der Waals surface area (Å²) in [6, 6.07) is 15.2. The first-order valence-electron chi connectivity index (χ1n) is 6.53. The maximum absolute atomic E-state index is 11.2. The van der Waals surface area contributed by atoms with Crippen LogP contribution in [0.25, 0.3) is 0 Å². The normalized spacial score (nSPS) is 10.2. The SMILES string of the molecule is NC(=O)c1cccc(OCCCc2ccccc2)c1N. The van der Waals surface area contributed by atoms with Crippen LogP contribution in [-0.2, 0) is 6.42 Å². The summed E-state index contributed by atoms with van der Waals surface area (Å²) in [4.78, 5) is 11.2. The van der Waals surface area contributed by atoms with E-state index in [0.29, 0.717) is 23.6 Å². The van der Waals surface area contributed by atoms with E-state index in [1.807, 2.05) is 18.2 Å². The number of aryl methyl sites for hydroxylation is 1. The van der Waals surface area contributed by atoms with Crippen molar-refractivity contribution in [1.29, 1.82) is 0 Å². The average molecular weight is 270 g/mol. The Kier molecular flexibility index (Phi) is 4.60. The molecule has 0 atom stereocenters. The highest BCUT2D eigenvalue weighted by Crippen LogP contribution is 2.25. The molecule has 4 heteroatoms. The topological polar surface area (TPSA) is 78.3 Å². The number of amides is 1. The summed E-state index contributed by atoms with van der Waals surface area (Å²) >= 11 is 0. The van der Waals surface area contributed by atoms with Crippen LogP contribution in [0.15, 0.2) is 48.5 Å². The van der Waals surface area contributed by atoms with Crippen molar-refractivity contribution in [2.75, 3.05) is 12.3 Å². The molecule has 2 aromatic carbocycles. The van der Waals surface area contributed by atoms with E-state index < -0.39 is 5.91 Å². The average Bonchev–Trinajstić information content (AvgIpc) is 2.46. The van der Waals surface area contributed by atoms with E-state index in [4.69, 9.17) is 16.2 Å². The Hall–Kier alpha value is -2.49. The maximum atomic E-state index is 11.2. The fourth-order valence-electron chi connectivity index (χ4n) is 1.99. The minimum atomic E-state index is -0.544. The number of carbonyl (C=O) groups excluding carboxylic acids is 1. The highest BCUT2D eigenvalue weighted by molar-refractivity contribution is 5.99. The van der Waals surface area contributed by atoms with Crippen LogP contribution in [0, 0.1) is 0 Å². The van der Waals surface area contributed by atoms with Crippen LogP contribution in [0.3, 0.4) is 0 Å². The Morgan fingerprint density at radius 2 is 1.80 bits per heavy atom. The number of benzene rings is 2. The minimum absolute atomic E-state index is 0.297. The predicted molar refractivity (Wildman–Crippen MR) is 79.6 cm³/mol. The van der Waals surface area contributed by atoms with Gasteiger partial charge in [-0.05, 0) is 30.5 Å². The molecule has 0 spiro atoms. The van der Waals surface area contributed by atoms with Gasteiger partial charge in [0, 0.05) is 0 Å². The number of carbonyl (C=O) groups is 1. The second-order valence-corrected chi connectivity index (χ2v) is 4.52. The lowest BCUT2D eigenvalue weighted by molar-refractivity contribution is 0.100. The lowest BCUT2D eigenvalue weighted by Gasteiger charge is -2.10. The molecule has 4 nitrogen and oxygen atoms in total. The molecular weight excluding hydrogens is 252 g/mol. The maximum Gasteiger partial charge on any atom is 0.250 e. The molecule has 0 heterocycles. The second kappa shape index (κ2) is 6.61. The molecule has 0 unspecified atom stereocenters. The second-order valence-electron chi connectivity index (χ2n) is 4.52. The molecule has 0 radical (unpaired) electrons. The lowest BCUT2D eigenvalue weighted by atomic mass is 10.1. The summed E-state index contributed by atoms with van der Waals surface area (Å²) in [5.41, 5.74) is 13.0. The van der Waals surface area contributed by atoms with Gasteiger partial charge in [-0.25, -0.2) is 0 Å².